The van der Waals surface area contributed by atoms with Gasteiger partial charge in [0.2, 0.25) is 0 Å². The Balaban J connectivity index is 2.27. The number of urea groups is 1. The first-order chi connectivity index (χ1) is 7.15. The molecule has 1 unspecified atom stereocenters. The SMILES string of the molecule is CCCNC(=O)N1CCC(C(C)N)CC1. The molecule has 1 aliphatic heterocycles. The number of piperidine rings is 1. The maximum Gasteiger partial charge on any atom is 0.317 e. The summed E-state index contributed by atoms with van der Waals surface area (Å²) in [6.45, 7) is 6.58. The quantitative estimate of drug-likeness (QED) is 0.739. The van der Waals surface area contributed by atoms with Crippen molar-refractivity contribution in [3.63, 3.8) is 0 Å². The molecular weight excluding hydrogens is 190 g/mol. The van der Waals surface area contributed by atoms with Gasteiger partial charge in [0, 0.05) is 25.7 Å². The molecule has 4 heteroatoms. The lowest BCUT2D eigenvalue weighted by Crippen LogP contribution is -2.46. The summed E-state index contributed by atoms with van der Waals surface area (Å²) in [5.74, 6) is 0.584. The zero-order valence-electron chi connectivity index (χ0n) is 9.83. The van der Waals surface area contributed by atoms with E-state index in [2.05, 4.69) is 19.2 Å². The highest BCUT2D eigenvalue weighted by Gasteiger charge is 2.24. The van der Waals surface area contributed by atoms with E-state index >= 15 is 0 Å². The molecule has 1 rings (SSSR count). The van der Waals surface area contributed by atoms with Crippen molar-refractivity contribution in [2.24, 2.45) is 11.7 Å². The Hall–Kier alpha value is -0.770. The van der Waals surface area contributed by atoms with Crippen molar-refractivity contribution >= 4 is 6.03 Å². The molecule has 4 nitrogen and oxygen atoms in total. The van der Waals surface area contributed by atoms with Crippen LogP contribution in [0, 0.1) is 5.92 Å². The number of carbonyl (C=O) groups excluding carboxylic acids is 1. The molecule has 0 aliphatic carbocycles. The lowest BCUT2D eigenvalue weighted by Gasteiger charge is -2.33. The van der Waals surface area contributed by atoms with Crippen LogP contribution in [0.3, 0.4) is 0 Å². The standard InChI is InChI=1S/C11H23N3O/c1-3-6-13-11(15)14-7-4-10(5-8-14)9(2)12/h9-10H,3-8,12H2,1-2H3,(H,13,15). The highest BCUT2D eigenvalue weighted by Crippen LogP contribution is 2.19. The minimum atomic E-state index is 0.0833. The van der Waals surface area contributed by atoms with Gasteiger partial charge >= 0.3 is 6.03 Å². The van der Waals surface area contributed by atoms with E-state index in [9.17, 15) is 4.79 Å². The molecule has 1 fully saturated rings. The van der Waals surface area contributed by atoms with Crippen molar-refractivity contribution in [2.75, 3.05) is 19.6 Å². The van der Waals surface area contributed by atoms with E-state index in [-0.39, 0.29) is 12.1 Å². The number of hydrogen-bond acceptors (Lipinski definition) is 2. The Morgan fingerprint density at radius 2 is 2.13 bits per heavy atom. The minimum absolute atomic E-state index is 0.0833. The Bertz CT molecular complexity index is 198. The second-order valence-electron chi connectivity index (χ2n) is 4.42. The van der Waals surface area contributed by atoms with Crippen LogP contribution in [0.5, 0.6) is 0 Å². The summed E-state index contributed by atoms with van der Waals surface area (Å²) in [4.78, 5) is 13.5. The van der Waals surface area contributed by atoms with Crippen molar-refractivity contribution in [2.45, 2.75) is 39.2 Å². The van der Waals surface area contributed by atoms with Gasteiger partial charge in [-0.15, -0.1) is 0 Å². The Morgan fingerprint density at radius 3 is 2.60 bits per heavy atom. The van der Waals surface area contributed by atoms with Crippen LogP contribution in [-0.4, -0.2) is 36.6 Å². The zero-order chi connectivity index (χ0) is 11.3. The van der Waals surface area contributed by atoms with E-state index in [1.165, 1.54) is 0 Å². The average molecular weight is 213 g/mol. The molecule has 1 saturated heterocycles. The lowest BCUT2D eigenvalue weighted by molar-refractivity contribution is 0.165. The van der Waals surface area contributed by atoms with E-state index in [0.717, 1.165) is 38.9 Å². The van der Waals surface area contributed by atoms with Gasteiger partial charge in [0.15, 0.2) is 0 Å². The normalized spacial score (nSPS) is 20.1. The van der Waals surface area contributed by atoms with Gasteiger partial charge in [-0.1, -0.05) is 6.92 Å². The first-order valence-electron chi connectivity index (χ1n) is 5.93. The summed E-state index contributed by atoms with van der Waals surface area (Å²) < 4.78 is 0. The van der Waals surface area contributed by atoms with Gasteiger partial charge in [-0.25, -0.2) is 4.79 Å². The third kappa shape index (κ3) is 3.70. The molecule has 0 radical (unpaired) electrons. The molecule has 0 spiro atoms. The van der Waals surface area contributed by atoms with Crippen LogP contribution in [0.4, 0.5) is 4.79 Å². The van der Waals surface area contributed by atoms with E-state index in [0.29, 0.717) is 5.92 Å². The van der Waals surface area contributed by atoms with Gasteiger partial charge in [-0.05, 0) is 32.1 Å². The smallest absolute Gasteiger partial charge is 0.317 e. The highest BCUT2D eigenvalue weighted by molar-refractivity contribution is 5.74. The molecule has 1 heterocycles. The van der Waals surface area contributed by atoms with Gasteiger partial charge < -0.3 is 16.0 Å². The van der Waals surface area contributed by atoms with Gasteiger partial charge in [0.05, 0.1) is 0 Å². The number of hydrogen-bond donors (Lipinski definition) is 2. The second kappa shape index (κ2) is 5.95. The maximum absolute atomic E-state index is 11.6. The predicted molar refractivity (Wildman–Crippen MR) is 61.6 cm³/mol. The molecular formula is C11H23N3O. The van der Waals surface area contributed by atoms with Crippen LogP contribution in [0.2, 0.25) is 0 Å². The Morgan fingerprint density at radius 1 is 1.53 bits per heavy atom. The summed E-state index contributed by atoms with van der Waals surface area (Å²) in [6.07, 6.45) is 3.07. The molecule has 3 N–H and O–H groups in total. The van der Waals surface area contributed by atoms with Crippen molar-refractivity contribution in [3.8, 4) is 0 Å². The van der Waals surface area contributed by atoms with Crippen molar-refractivity contribution in [3.05, 3.63) is 0 Å². The fourth-order valence-corrected chi connectivity index (χ4v) is 1.97. The number of likely N-dealkylation sites (tertiary alicyclic amines) is 1. The van der Waals surface area contributed by atoms with Crippen LogP contribution in [0.25, 0.3) is 0 Å². The van der Waals surface area contributed by atoms with E-state index < -0.39 is 0 Å². The molecule has 2 amide bonds. The van der Waals surface area contributed by atoms with Crippen LogP contribution in [0.15, 0.2) is 0 Å². The predicted octanol–water partition coefficient (Wildman–Crippen LogP) is 1.17. The first-order valence-corrected chi connectivity index (χ1v) is 5.93. The summed E-state index contributed by atoms with van der Waals surface area (Å²) >= 11 is 0. The van der Waals surface area contributed by atoms with Crippen molar-refractivity contribution in [1.29, 1.82) is 0 Å². The third-order valence-corrected chi connectivity index (χ3v) is 3.10. The van der Waals surface area contributed by atoms with Crippen LogP contribution in [0.1, 0.15) is 33.1 Å². The number of rotatable bonds is 3. The monoisotopic (exact) mass is 213 g/mol. The minimum Gasteiger partial charge on any atom is -0.338 e. The van der Waals surface area contributed by atoms with E-state index in [1.807, 2.05) is 4.90 Å². The number of nitrogens with zero attached hydrogens (tertiary/aromatic N) is 1. The van der Waals surface area contributed by atoms with Crippen molar-refractivity contribution in [1.82, 2.24) is 10.2 Å². The van der Waals surface area contributed by atoms with E-state index in [1.54, 1.807) is 0 Å². The second-order valence-corrected chi connectivity index (χ2v) is 4.42. The van der Waals surface area contributed by atoms with Gasteiger partial charge in [0.25, 0.3) is 0 Å². The molecule has 88 valence electrons. The number of carbonyl (C=O) groups is 1. The number of nitrogens with two attached hydrogens (primary N) is 1. The summed E-state index contributed by atoms with van der Waals surface area (Å²) in [5.41, 5.74) is 5.85. The van der Waals surface area contributed by atoms with Crippen LogP contribution < -0.4 is 11.1 Å². The highest BCUT2D eigenvalue weighted by atomic mass is 16.2. The molecule has 1 atom stereocenters. The Labute approximate surface area is 92.2 Å². The molecule has 0 aromatic rings. The maximum atomic E-state index is 11.6. The first kappa shape index (κ1) is 12.3. The fraction of sp³-hybridized carbons (Fsp3) is 0.909. The van der Waals surface area contributed by atoms with E-state index in [4.69, 9.17) is 5.73 Å². The van der Waals surface area contributed by atoms with Crippen LogP contribution >= 0.6 is 0 Å². The molecule has 15 heavy (non-hydrogen) atoms. The molecule has 0 aromatic heterocycles. The molecule has 0 saturated carbocycles. The summed E-state index contributed by atoms with van der Waals surface area (Å²) in [7, 11) is 0. The number of nitrogens with one attached hydrogen (secondary N) is 1. The average Bonchev–Trinajstić information content (AvgIpc) is 2.26. The molecule has 1 aliphatic rings. The van der Waals surface area contributed by atoms with Gasteiger partial charge in [-0.2, -0.15) is 0 Å². The molecule has 0 bridgehead atoms. The summed E-state index contributed by atoms with van der Waals surface area (Å²) in [6, 6.07) is 0.339. The molecule has 0 aromatic carbocycles. The summed E-state index contributed by atoms with van der Waals surface area (Å²) in [5, 5.41) is 2.90. The number of amides is 2. The zero-order valence-corrected chi connectivity index (χ0v) is 9.83. The fourth-order valence-electron chi connectivity index (χ4n) is 1.97. The Kier molecular flexibility index (Phi) is 4.88. The van der Waals surface area contributed by atoms with Gasteiger partial charge in [0.1, 0.15) is 0 Å². The van der Waals surface area contributed by atoms with Gasteiger partial charge in [-0.3, -0.25) is 0 Å². The largest absolute Gasteiger partial charge is 0.338 e. The lowest BCUT2D eigenvalue weighted by atomic mass is 9.91. The van der Waals surface area contributed by atoms with Crippen LogP contribution in [-0.2, 0) is 0 Å². The topological polar surface area (TPSA) is 58.4 Å². The van der Waals surface area contributed by atoms with Crippen molar-refractivity contribution < 1.29 is 4.79 Å². The third-order valence-electron chi connectivity index (χ3n) is 3.10.